The van der Waals surface area contributed by atoms with E-state index in [4.69, 9.17) is 59.9 Å². The Bertz CT molecular complexity index is 2450. The number of nitrogen functional groups attached to an aromatic ring is 2. The lowest BCUT2D eigenvalue weighted by Gasteiger charge is -2.23. The van der Waals surface area contributed by atoms with Gasteiger partial charge in [0.25, 0.3) is 0 Å². The fourth-order valence-corrected chi connectivity index (χ4v) is 6.16. The van der Waals surface area contributed by atoms with Crippen molar-refractivity contribution in [2.24, 2.45) is 0 Å². The van der Waals surface area contributed by atoms with E-state index in [0.29, 0.717) is 35.8 Å². The van der Waals surface area contributed by atoms with Crippen molar-refractivity contribution in [2.45, 2.75) is 26.7 Å². The number of hydrogen-bond acceptors (Lipinski definition) is 21. The molecule has 2 atom stereocenters. The van der Waals surface area contributed by atoms with Gasteiger partial charge in [-0.3, -0.25) is 30.0 Å². The molecule has 0 aliphatic carbocycles. The van der Waals surface area contributed by atoms with Gasteiger partial charge in [-0.25, -0.2) is 20.1 Å². The van der Waals surface area contributed by atoms with Crippen molar-refractivity contribution in [1.29, 1.82) is 0 Å². The van der Waals surface area contributed by atoms with Gasteiger partial charge >= 0.3 is 23.6 Å². The molecule has 0 fully saturated rings. The van der Waals surface area contributed by atoms with Crippen LogP contribution in [-0.2, 0) is 27.4 Å². The second-order valence-corrected chi connectivity index (χ2v) is 18.0. The monoisotopic (exact) mass is 1060 g/mol. The lowest BCUT2D eigenvalue weighted by molar-refractivity contribution is -0.465. The Labute approximate surface area is 421 Å². The normalized spacial score (nSPS) is 11.9. The van der Waals surface area contributed by atoms with Gasteiger partial charge in [-0.1, -0.05) is 50.4 Å². The molecule has 1 aliphatic heterocycles. The molecule has 0 saturated carbocycles. The van der Waals surface area contributed by atoms with E-state index in [1.807, 2.05) is 6.07 Å². The maximum absolute atomic E-state index is 12.8. The lowest BCUT2D eigenvalue weighted by atomic mass is 10.1. The fourth-order valence-electron chi connectivity index (χ4n) is 6.16. The molecule has 2 aromatic carbocycles. The quantitative estimate of drug-likeness (QED) is 0.0270. The van der Waals surface area contributed by atoms with Crippen LogP contribution in [0.3, 0.4) is 0 Å². The molecule has 1 aliphatic rings. The Morgan fingerprint density at radius 2 is 1.46 bits per heavy atom. The number of nitrogens with zero attached hydrogens (tertiary/aromatic N) is 6. The summed E-state index contributed by atoms with van der Waals surface area (Å²) in [7, 11) is 9.12. The minimum atomic E-state index is -0.775. The van der Waals surface area contributed by atoms with E-state index in [9.17, 15) is 29.8 Å². The van der Waals surface area contributed by atoms with Gasteiger partial charge in [-0.05, 0) is 74.2 Å². The number of ether oxygens (including phenoxy) is 8. The number of fused-ring (bicyclic) bond motifs is 4. The summed E-state index contributed by atoms with van der Waals surface area (Å²) in [5.41, 5.74) is 12.1. The van der Waals surface area contributed by atoms with Crippen LogP contribution in [0.25, 0.3) is 0 Å². The number of benzene rings is 2. The summed E-state index contributed by atoms with van der Waals surface area (Å²) in [6.45, 7) is 11.5. The number of carbonyl (C=O) groups is 2. The molecule has 4 aromatic rings. The molecule has 0 saturated heterocycles. The van der Waals surface area contributed by atoms with Gasteiger partial charge in [0.1, 0.15) is 37.8 Å². The third kappa shape index (κ3) is 19.2. The predicted molar refractivity (Wildman–Crippen MR) is 278 cm³/mol. The Morgan fingerprint density at radius 3 is 2.06 bits per heavy atom. The fraction of sp³-hybridized carbons (Fsp3) is 0.318. The molecule has 6 N–H and O–H groups in total. The molecule has 392 valence electrons. The first kappa shape index (κ1) is 61.0. The second kappa shape index (κ2) is 33.5. The summed E-state index contributed by atoms with van der Waals surface area (Å²) in [4.78, 5) is 57.8. The molecule has 2 aromatic heterocycles. The van der Waals surface area contributed by atoms with Crippen LogP contribution < -0.4 is 49.7 Å². The van der Waals surface area contributed by atoms with Crippen molar-refractivity contribution in [3.63, 3.8) is 0 Å². The predicted octanol–water partition coefficient (Wildman–Crippen LogP) is 8.22. The van der Waals surface area contributed by atoms with Crippen molar-refractivity contribution in [3.05, 3.63) is 117 Å². The number of pyridine rings is 2. The number of hydrogen-bond donors (Lipinski definition) is 4. The highest BCUT2D eigenvalue weighted by Crippen LogP contribution is 2.39. The van der Waals surface area contributed by atoms with Crippen molar-refractivity contribution in [3.8, 4) is 34.8 Å². The van der Waals surface area contributed by atoms with Crippen LogP contribution in [0.5, 0.6) is 34.8 Å². The van der Waals surface area contributed by atoms with Gasteiger partial charge in [0, 0.05) is 25.2 Å². The molecule has 28 heteroatoms. The van der Waals surface area contributed by atoms with Gasteiger partial charge in [0.2, 0.25) is 23.4 Å². The zero-order valence-electron chi connectivity index (χ0n) is 39.9. The van der Waals surface area contributed by atoms with Crippen molar-refractivity contribution < 1.29 is 72.9 Å². The van der Waals surface area contributed by atoms with Gasteiger partial charge in [-0.2, -0.15) is 9.97 Å². The van der Waals surface area contributed by atoms with Crippen LogP contribution in [0.4, 0.5) is 44.0 Å². The third-order valence-corrected chi connectivity index (χ3v) is 9.11. The first-order valence-corrected chi connectivity index (χ1v) is 25.9. The highest BCUT2D eigenvalue weighted by atomic mass is 32.4. The maximum atomic E-state index is 12.8. The van der Waals surface area contributed by atoms with Gasteiger partial charge in [0.15, 0.2) is 23.0 Å². The number of nitrogens with two attached hydrogens (primary N) is 2. The topological polar surface area (TPSA) is 328 Å². The average molecular weight is 1060 g/mol. The highest BCUT2D eigenvalue weighted by Gasteiger charge is 2.32. The van der Waals surface area contributed by atoms with Gasteiger partial charge < -0.3 is 49.4 Å². The van der Waals surface area contributed by atoms with E-state index in [1.54, 1.807) is 69.5 Å². The van der Waals surface area contributed by atoms with E-state index < -0.39 is 33.4 Å². The van der Waals surface area contributed by atoms with Crippen molar-refractivity contribution in [1.82, 2.24) is 9.97 Å². The summed E-state index contributed by atoms with van der Waals surface area (Å²) >= 11 is 0. The molecule has 5 rings (SSSR count). The number of methoxy groups -OCH3 is 2. The number of aromatic nitrogens is 2. The molecule has 25 nitrogen and oxygen atoms in total. The largest absolute Gasteiger partial charge is 0.493 e. The zero-order chi connectivity index (χ0) is 53.6. The van der Waals surface area contributed by atoms with E-state index in [-0.39, 0.29) is 87.5 Å². The number of amides is 2. The van der Waals surface area contributed by atoms with Crippen LogP contribution >= 0.6 is 25.8 Å². The molecule has 2 amide bonds. The first-order chi connectivity index (χ1) is 34.6. The van der Waals surface area contributed by atoms with E-state index in [0.717, 1.165) is 28.9 Å². The Hall–Kier alpha value is -7.13. The van der Waals surface area contributed by atoms with E-state index >= 15 is 0 Å². The summed E-state index contributed by atoms with van der Waals surface area (Å²) in [6.07, 6.45) is 5.69. The maximum Gasteiger partial charge on any atom is 0.414 e. The lowest BCUT2D eigenvalue weighted by Crippen LogP contribution is -2.34. The van der Waals surface area contributed by atoms with Crippen molar-refractivity contribution in [2.75, 3.05) is 88.2 Å². The number of anilines is 4. The van der Waals surface area contributed by atoms with Crippen LogP contribution in [-0.4, -0.2) is 109 Å². The third-order valence-electron chi connectivity index (χ3n) is 9.11. The van der Waals surface area contributed by atoms with Crippen LogP contribution in [0.1, 0.15) is 25.0 Å². The highest BCUT2D eigenvalue weighted by molar-refractivity contribution is 8.33. The average Bonchev–Trinajstić information content (AvgIpc) is 3.34. The van der Waals surface area contributed by atoms with E-state index in [1.165, 1.54) is 25.3 Å². The Morgan fingerprint density at radius 1 is 0.861 bits per heavy atom. The molecule has 72 heavy (non-hydrogen) atoms. The van der Waals surface area contributed by atoms with Crippen molar-refractivity contribution >= 4 is 72.4 Å². The summed E-state index contributed by atoms with van der Waals surface area (Å²) in [5, 5.41) is 39.0. The molecule has 3 heterocycles. The zero-order valence-corrected chi connectivity index (χ0v) is 43.2. The minimum Gasteiger partial charge on any atom is -0.493 e. The molecule has 4 bridgehead atoms. The number of rotatable bonds is 16. The molecule has 0 spiro atoms. The minimum absolute atomic E-state index is 0.0110. The summed E-state index contributed by atoms with van der Waals surface area (Å²) in [6, 6.07) is 13.3. The second-order valence-electron chi connectivity index (χ2n) is 13.7. The standard InChI is InChI=1S/C23H28N4O7.C21H24N4O7.H2O3.H5P3/c1-5-12-33-19-14-16(8-9-18(19)31-4)10-11-26(23(28)32-7-3)17-15-20(34-13-6-2)25-22(24)21(17)27(29)30;1-3-30-21(26)24-9-8-14-6-7-16(29-2)17(12-14)31-10-4-5-11-32-18-13-15(24)19(25(27)28)20(22)23-18;2*1-3-2/h5-6,8-9,14-15H,1-2,7,10-13H2,3-4H3,(H2,24,25);4-7,12-13H,3,8-11H2,1-2H3,(H2,22,23);1-2H;3H,1-2H2/b;5-4+;;. The SMILES string of the molecule is C=CCOc1cc(N(CCc2ccc(OC)c(OCC=C)c2)C(=O)OCC)c([N+](=O)[O-])c(N)n1.CCOC(=O)N1CCc2ccc(OC)c(c2)OC/C=C/COc2cc1c([N+](=O)[O-])c(N)n2.OOO.PPP. The molecule has 2 unspecified atom stereocenters. The van der Waals surface area contributed by atoms with Crippen LogP contribution in [0.15, 0.2) is 86.0 Å². The Kier molecular flexibility index (Phi) is 28.3. The Balaban J connectivity index is 0.000000445. The van der Waals surface area contributed by atoms with Crippen LogP contribution in [0, 0.1) is 20.2 Å². The smallest absolute Gasteiger partial charge is 0.414 e. The first-order valence-electron chi connectivity index (χ1n) is 21.2. The van der Waals surface area contributed by atoms with Gasteiger partial charge in [-0.15, -0.1) is 17.9 Å². The van der Waals surface area contributed by atoms with Crippen LogP contribution in [0.2, 0.25) is 0 Å². The molecular weight excluding hydrogens is 1010 g/mol. The van der Waals surface area contributed by atoms with E-state index in [2.05, 4.69) is 46.0 Å². The number of carbonyl (C=O) groups excluding carboxylic acids is 2. The van der Waals surface area contributed by atoms with Gasteiger partial charge in [0.05, 0.1) is 37.3 Å². The molecule has 0 radical (unpaired) electrons. The summed E-state index contributed by atoms with van der Waals surface area (Å²) in [5.74, 6) is 1.43. The summed E-state index contributed by atoms with van der Waals surface area (Å²) < 4.78 is 43.3. The number of nitro groups is 2. The molecular formula is C44H59N8O17P3.